The molecule has 3 nitrogen and oxygen atoms in total. The lowest BCUT2D eigenvalue weighted by atomic mass is 10.4. The predicted octanol–water partition coefficient (Wildman–Crippen LogP) is 2.11. The Labute approximate surface area is 84.8 Å². The van der Waals surface area contributed by atoms with Gasteiger partial charge in [0.2, 0.25) is 0 Å². The highest BCUT2D eigenvalue weighted by atomic mass is 79.9. The van der Waals surface area contributed by atoms with E-state index in [0.29, 0.717) is 5.69 Å². The number of aryl methyl sites for hydroxylation is 1. The van der Waals surface area contributed by atoms with E-state index >= 15 is 0 Å². The zero-order valence-corrected chi connectivity index (χ0v) is 8.87. The molecule has 0 spiro atoms. The van der Waals surface area contributed by atoms with Crippen LogP contribution >= 0.6 is 15.9 Å². The maximum absolute atomic E-state index is 11.5. The van der Waals surface area contributed by atoms with Crippen LogP contribution in [-0.2, 0) is 11.8 Å². The van der Waals surface area contributed by atoms with E-state index in [9.17, 15) is 4.79 Å². The molecule has 1 heterocycles. The Balaban J connectivity index is 2.13. The van der Waals surface area contributed by atoms with E-state index in [1.807, 2.05) is 13.2 Å². The Morgan fingerprint density at radius 2 is 2.38 bits per heavy atom. The number of rotatable bonds is 2. The Kier molecular flexibility index (Phi) is 2.15. The van der Waals surface area contributed by atoms with Crippen LogP contribution in [0.3, 0.4) is 0 Å². The highest BCUT2D eigenvalue weighted by Gasteiger charge is 2.27. The molecule has 13 heavy (non-hydrogen) atoms. The van der Waals surface area contributed by atoms with Crippen molar-refractivity contribution in [3.05, 3.63) is 22.4 Å². The van der Waals surface area contributed by atoms with E-state index in [1.165, 1.54) is 0 Å². The van der Waals surface area contributed by atoms with E-state index < -0.39 is 0 Å². The van der Waals surface area contributed by atoms with Crippen LogP contribution in [0, 0.1) is 0 Å². The third kappa shape index (κ3) is 1.94. The van der Waals surface area contributed by atoms with Crippen LogP contribution < -0.4 is 0 Å². The van der Waals surface area contributed by atoms with Crippen LogP contribution in [0.25, 0.3) is 0 Å². The average Bonchev–Trinajstić information content (AvgIpc) is 2.77. The Morgan fingerprint density at radius 1 is 1.69 bits per heavy atom. The van der Waals surface area contributed by atoms with Gasteiger partial charge in [0, 0.05) is 17.7 Å². The molecule has 4 heteroatoms. The fraction of sp³-hybridized carbons (Fsp3) is 0.444. The maximum Gasteiger partial charge on any atom is 0.355 e. The second-order valence-electron chi connectivity index (χ2n) is 3.26. The molecule has 0 aromatic carbocycles. The molecule has 1 fully saturated rings. The van der Waals surface area contributed by atoms with Crippen molar-refractivity contribution in [2.45, 2.75) is 18.9 Å². The Morgan fingerprint density at radius 3 is 2.85 bits per heavy atom. The summed E-state index contributed by atoms with van der Waals surface area (Å²) >= 11 is 3.30. The van der Waals surface area contributed by atoms with Gasteiger partial charge in [0.25, 0.3) is 0 Å². The van der Waals surface area contributed by atoms with Crippen LogP contribution in [0.1, 0.15) is 23.3 Å². The van der Waals surface area contributed by atoms with E-state index in [-0.39, 0.29) is 12.1 Å². The van der Waals surface area contributed by atoms with Crippen molar-refractivity contribution in [1.82, 2.24) is 4.57 Å². The lowest BCUT2D eigenvalue weighted by Gasteiger charge is -2.02. The van der Waals surface area contributed by atoms with Crippen molar-refractivity contribution in [3.8, 4) is 0 Å². The smallest absolute Gasteiger partial charge is 0.355 e. The van der Waals surface area contributed by atoms with Gasteiger partial charge in [-0.2, -0.15) is 0 Å². The Bertz CT molecular complexity index is 341. The fourth-order valence-electron chi connectivity index (χ4n) is 1.12. The van der Waals surface area contributed by atoms with Gasteiger partial charge in [-0.1, -0.05) is 0 Å². The molecule has 1 saturated carbocycles. The number of nitrogens with zero attached hydrogens (tertiary/aromatic N) is 1. The van der Waals surface area contributed by atoms with Crippen LogP contribution in [0.4, 0.5) is 0 Å². The third-order valence-corrected chi connectivity index (χ3v) is 2.41. The molecule has 0 radical (unpaired) electrons. The summed E-state index contributed by atoms with van der Waals surface area (Å²) in [7, 11) is 1.83. The largest absolute Gasteiger partial charge is 0.458 e. The van der Waals surface area contributed by atoms with Crippen LogP contribution in [0.2, 0.25) is 0 Å². The number of aromatic nitrogens is 1. The molecule has 0 unspecified atom stereocenters. The van der Waals surface area contributed by atoms with Crippen molar-refractivity contribution in [1.29, 1.82) is 0 Å². The molecular weight excluding hydrogens is 234 g/mol. The van der Waals surface area contributed by atoms with Gasteiger partial charge in [0.05, 0.1) is 0 Å². The van der Waals surface area contributed by atoms with Gasteiger partial charge in [0.15, 0.2) is 0 Å². The molecule has 70 valence electrons. The molecule has 0 atom stereocenters. The van der Waals surface area contributed by atoms with E-state index in [2.05, 4.69) is 15.9 Å². The van der Waals surface area contributed by atoms with Gasteiger partial charge in [-0.05, 0) is 34.8 Å². The first-order chi connectivity index (χ1) is 6.16. The quantitative estimate of drug-likeness (QED) is 0.746. The predicted molar refractivity (Wildman–Crippen MR) is 51.6 cm³/mol. The van der Waals surface area contributed by atoms with Gasteiger partial charge in [-0.3, -0.25) is 0 Å². The first-order valence-electron chi connectivity index (χ1n) is 4.19. The number of halogens is 1. The number of hydrogen-bond donors (Lipinski definition) is 0. The van der Waals surface area contributed by atoms with Crippen LogP contribution in [0.5, 0.6) is 0 Å². The van der Waals surface area contributed by atoms with E-state index in [4.69, 9.17) is 4.74 Å². The second-order valence-corrected chi connectivity index (χ2v) is 4.17. The lowest BCUT2D eigenvalue weighted by Crippen LogP contribution is -2.10. The number of ether oxygens (including phenoxy) is 1. The number of carbonyl (C=O) groups excluding carboxylic acids is 1. The van der Waals surface area contributed by atoms with Gasteiger partial charge in [0.1, 0.15) is 11.8 Å². The summed E-state index contributed by atoms with van der Waals surface area (Å²) in [5, 5.41) is 0. The minimum Gasteiger partial charge on any atom is -0.458 e. The highest BCUT2D eigenvalue weighted by Crippen LogP contribution is 2.25. The van der Waals surface area contributed by atoms with Crippen LogP contribution in [0.15, 0.2) is 16.7 Å². The average molecular weight is 244 g/mol. The monoisotopic (exact) mass is 243 g/mol. The zero-order valence-electron chi connectivity index (χ0n) is 7.29. The molecule has 1 aliphatic carbocycles. The molecule has 0 bridgehead atoms. The minimum atomic E-state index is -0.226. The van der Waals surface area contributed by atoms with E-state index in [0.717, 1.165) is 17.3 Å². The summed E-state index contributed by atoms with van der Waals surface area (Å²) in [5.41, 5.74) is 0.596. The van der Waals surface area contributed by atoms with Gasteiger partial charge < -0.3 is 9.30 Å². The fourth-order valence-corrected chi connectivity index (χ4v) is 1.65. The van der Waals surface area contributed by atoms with Crippen molar-refractivity contribution >= 4 is 21.9 Å². The van der Waals surface area contributed by atoms with Crippen LogP contribution in [-0.4, -0.2) is 16.6 Å². The molecule has 0 aliphatic heterocycles. The minimum absolute atomic E-state index is 0.168. The summed E-state index contributed by atoms with van der Waals surface area (Å²) in [6.45, 7) is 0. The van der Waals surface area contributed by atoms with Crippen molar-refractivity contribution in [2.75, 3.05) is 0 Å². The first-order valence-corrected chi connectivity index (χ1v) is 4.99. The third-order valence-electron chi connectivity index (χ3n) is 1.98. The molecule has 1 aliphatic rings. The topological polar surface area (TPSA) is 31.2 Å². The number of carbonyl (C=O) groups is 1. The molecule has 0 amide bonds. The lowest BCUT2D eigenvalue weighted by molar-refractivity contribution is 0.0461. The van der Waals surface area contributed by atoms with E-state index in [1.54, 1.807) is 10.6 Å². The second kappa shape index (κ2) is 3.18. The summed E-state index contributed by atoms with van der Waals surface area (Å²) in [6, 6.07) is 1.77. The van der Waals surface area contributed by atoms with Crippen molar-refractivity contribution in [3.63, 3.8) is 0 Å². The highest BCUT2D eigenvalue weighted by molar-refractivity contribution is 9.10. The molecule has 0 saturated heterocycles. The normalized spacial score (nSPS) is 15.8. The summed E-state index contributed by atoms with van der Waals surface area (Å²) < 4.78 is 7.82. The molecular formula is C9H10BrNO2. The first kappa shape index (κ1) is 8.81. The summed E-state index contributed by atoms with van der Waals surface area (Å²) in [5.74, 6) is -0.226. The van der Waals surface area contributed by atoms with Crippen molar-refractivity contribution < 1.29 is 9.53 Å². The molecule has 1 aromatic rings. The van der Waals surface area contributed by atoms with Gasteiger partial charge >= 0.3 is 5.97 Å². The zero-order chi connectivity index (χ0) is 9.42. The maximum atomic E-state index is 11.5. The molecule has 0 N–H and O–H groups in total. The Hall–Kier alpha value is -0.770. The number of hydrogen-bond acceptors (Lipinski definition) is 2. The van der Waals surface area contributed by atoms with Gasteiger partial charge in [-0.25, -0.2) is 4.79 Å². The number of esters is 1. The SMILES string of the molecule is Cn1cc(Br)cc1C(=O)OC1CC1. The summed E-state index contributed by atoms with van der Waals surface area (Å²) in [4.78, 5) is 11.5. The van der Waals surface area contributed by atoms with Gasteiger partial charge in [-0.15, -0.1) is 0 Å². The molecule has 2 rings (SSSR count). The molecule has 1 aromatic heterocycles. The van der Waals surface area contributed by atoms with Crippen molar-refractivity contribution in [2.24, 2.45) is 7.05 Å². The standard InChI is InChI=1S/C9H10BrNO2/c1-11-5-6(10)4-8(11)9(12)13-7-2-3-7/h4-5,7H,2-3H2,1H3. The summed E-state index contributed by atoms with van der Waals surface area (Å²) in [6.07, 6.45) is 4.03.